The van der Waals surface area contributed by atoms with Gasteiger partial charge in [-0.05, 0) is 30.4 Å². The number of amides is 3. The third-order valence-corrected chi connectivity index (χ3v) is 8.42. The molecule has 4 N–H and O–H groups in total. The molecule has 3 amide bonds. The Morgan fingerprint density at radius 1 is 0.976 bits per heavy atom. The molecule has 4 rings (SSSR count). The number of nitrogens with one attached hydrogen (secondary N) is 3. The van der Waals surface area contributed by atoms with Gasteiger partial charge in [0.15, 0.2) is 0 Å². The summed E-state index contributed by atoms with van der Waals surface area (Å²) in [6.07, 6.45) is 8.81. The highest BCUT2D eigenvalue weighted by Gasteiger charge is 2.37. The Bertz CT molecular complexity index is 1210. The standard InChI is InChI=1S/C33H44N4O5/c1-23(24-12-5-3-6-13-24)29-32(40)35-19-11-17-25-14-9-10-18-28(25)42-21-20-34-30(26-15-7-4-8-16-26)33(41)37(2)27(22-38)31(39)36-29/h3,5-6,9-14,17-18,23,26-27,29-30,34,38H,4,7-8,15-16,19-22H2,1-2H3,(H,35,40)(H,36,39)/t23?,27-,29+,30-/m0/s1. The number of fused-ring (bicyclic) bond motifs is 1. The van der Waals surface area contributed by atoms with Crippen LogP contribution in [0.4, 0.5) is 0 Å². The number of ether oxygens (including phenoxy) is 1. The highest BCUT2D eigenvalue weighted by molar-refractivity contribution is 5.93. The fraction of sp³-hybridized carbons (Fsp3) is 0.485. The van der Waals surface area contributed by atoms with Crippen molar-refractivity contribution >= 4 is 23.8 Å². The van der Waals surface area contributed by atoms with E-state index in [1.807, 2.05) is 73.7 Å². The largest absolute Gasteiger partial charge is 0.492 e. The Morgan fingerprint density at radius 2 is 1.69 bits per heavy atom. The van der Waals surface area contributed by atoms with E-state index < -0.39 is 30.6 Å². The van der Waals surface area contributed by atoms with E-state index in [-0.39, 0.29) is 30.2 Å². The van der Waals surface area contributed by atoms with E-state index in [9.17, 15) is 19.5 Å². The second kappa shape index (κ2) is 15.5. The van der Waals surface area contributed by atoms with Crippen LogP contribution in [0.5, 0.6) is 5.75 Å². The molecule has 0 aromatic heterocycles. The average molecular weight is 577 g/mol. The minimum absolute atomic E-state index is 0.119. The lowest BCUT2D eigenvalue weighted by Crippen LogP contribution is -2.60. The molecule has 2 aromatic rings. The van der Waals surface area contributed by atoms with Crippen LogP contribution in [0, 0.1) is 5.92 Å². The van der Waals surface area contributed by atoms with E-state index in [0.717, 1.165) is 43.2 Å². The lowest BCUT2D eigenvalue weighted by atomic mass is 9.83. The zero-order valence-corrected chi connectivity index (χ0v) is 24.6. The molecule has 226 valence electrons. The summed E-state index contributed by atoms with van der Waals surface area (Å²) in [6, 6.07) is 14.6. The molecule has 1 aliphatic heterocycles. The van der Waals surface area contributed by atoms with E-state index in [1.165, 1.54) is 4.90 Å². The molecular formula is C33H44N4O5. The molecule has 1 aliphatic carbocycles. The van der Waals surface area contributed by atoms with Crippen LogP contribution in [-0.4, -0.2) is 79.2 Å². The monoisotopic (exact) mass is 576 g/mol. The second-order valence-electron chi connectivity index (χ2n) is 11.2. The van der Waals surface area contributed by atoms with Gasteiger partial charge in [-0.15, -0.1) is 0 Å². The van der Waals surface area contributed by atoms with Crippen molar-refractivity contribution in [2.45, 2.75) is 63.1 Å². The molecule has 0 saturated heterocycles. The van der Waals surface area contributed by atoms with Gasteiger partial charge in [0.05, 0.1) is 12.6 Å². The van der Waals surface area contributed by atoms with Crippen LogP contribution in [0.1, 0.15) is 56.1 Å². The Labute approximate surface area is 248 Å². The third kappa shape index (κ3) is 7.98. The minimum atomic E-state index is -1.15. The van der Waals surface area contributed by atoms with Crippen LogP contribution in [0.3, 0.4) is 0 Å². The lowest BCUT2D eigenvalue weighted by Gasteiger charge is -2.36. The predicted octanol–water partition coefficient (Wildman–Crippen LogP) is 2.85. The number of carbonyl (C=O) groups is 3. The van der Waals surface area contributed by atoms with Gasteiger partial charge in [0.25, 0.3) is 0 Å². The summed E-state index contributed by atoms with van der Waals surface area (Å²) in [4.78, 5) is 42.3. The SMILES string of the molecule is CC(c1ccccc1)[C@H]1NC(=O)[C@H](CO)N(C)C(=O)[C@H](C2CCCCC2)NCCOc2ccccc2C=CCNC1=O. The first-order valence-electron chi connectivity index (χ1n) is 15.0. The van der Waals surface area contributed by atoms with Crippen LogP contribution in [0.15, 0.2) is 60.7 Å². The topological polar surface area (TPSA) is 120 Å². The third-order valence-electron chi connectivity index (χ3n) is 8.42. The molecule has 9 heteroatoms. The Morgan fingerprint density at radius 3 is 2.43 bits per heavy atom. The summed E-state index contributed by atoms with van der Waals surface area (Å²) in [7, 11) is 1.55. The number of hydrogen-bond donors (Lipinski definition) is 4. The molecule has 0 spiro atoms. The molecule has 2 aliphatic rings. The molecule has 0 radical (unpaired) electrons. The first-order chi connectivity index (χ1) is 20.4. The highest BCUT2D eigenvalue weighted by Crippen LogP contribution is 2.28. The van der Waals surface area contributed by atoms with Crippen molar-refractivity contribution in [2.24, 2.45) is 5.92 Å². The molecule has 42 heavy (non-hydrogen) atoms. The fourth-order valence-corrected chi connectivity index (χ4v) is 5.87. The summed E-state index contributed by atoms with van der Waals surface area (Å²) in [5.74, 6) is -0.721. The number of benzene rings is 2. The van der Waals surface area contributed by atoms with Gasteiger partial charge in [-0.1, -0.05) is 86.9 Å². The Kier molecular flexibility index (Phi) is 11.5. The number of nitrogens with zero attached hydrogens (tertiary/aromatic N) is 1. The average Bonchev–Trinajstić information content (AvgIpc) is 3.02. The number of carbonyl (C=O) groups excluding carboxylic acids is 3. The summed E-state index contributed by atoms with van der Waals surface area (Å²) in [5, 5.41) is 19.5. The van der Waals surface area contributed by atoms with E-state index in [4.69, 9.17) is 4.74 Å². The molecule has 9 nitrogen and oxygen atoms in total. The van der Waals surface area contributed by atoms with Gasteiger partial charge in [0, 0.05) is 31.6 Å². The first-order valence-corrected chi connectivity index (χ1v) is 15.0. The maximum absolute atomic E-state index is 13.9. The molecule has 1 unspecified atom stereocenters. The zero-order chi connectivity index (χ0) is 29.9. The van der Waals surface area contributed by atoms with Gasteiger partial charge in [-0.2, -0.15) is 0 Å². The van der Waals surface area contributed by atoms with Crippen molar-refractivity contribution in [2.75, 3.05) is 33.4 Å². The molecule has 2 aromatic carbocycles. The summed E-state index contributed by atoms with van der Waals surface area (Å²) in [6.45, 7) is 2.35. The van der Waals surface area contributed by atoms with E-state index in [0.29, 0.717) is 18.9 Å². The highest BCUT2D eigenvalue weighted by atomic mass is 16.5. The van der Waals surface area contributed by atoms with Crippen molar-refractivity contribution in [3.05, 3.63) is 71.8 Å². The quantitative estimate of drug-likeness (QED) is 0.445. The van der Waals surface area contributed by atoms with Crippen LogP contribution in [0.25, 0.3) is 6.08 Å². The minimum Gasteiger partial charge on any atom is -0.492 e. The second-order valence-corrected chi connectivity index (χ2v) is 11.2. The summed E-state index contributed by atoms with van der Waals surface area (Å²) in [5.41, 5.74) is 1.76. The number of likely N-dealkylation sites (N-methyl/N-ethyl adjacent to an activating group) is 1. The van der Waals surface area contributed by atoms with E-state index >= 15 is 0 Å². The molecule has 1 fully saturated rings. The number of rotatable bonds is 4. The van der Waals surface area contributed by atoms with Crippen LogP contribution >= 0.6 is 0 Å². The van der Waals surface area contributed by atoms with Crippen molar-refractivity contribution in [1.82, 2.24) is 20.9 Å². The number of aliphatic hydroxyl groups is 1. The van der Waals surface area contributed by atoms with Crippen molar-refractivity contribution < 1.29 is 24.2 Å². The fourth-order valence-electron chi connectivity index (χ4n) is 5.87. The maximum atomic E-state index is 13.9. The van der Waals surface area contributed by atoms with E-state index in [1.54, 1.807) is 7.05 Å². The van der Waals surface area contributed by atoms with Gasteiger partial charge in [0.1, 0.15) is 24.4 Å². The molecule has 1 heterocycles. The summed E-state index contributed by atoms with van der Waals surface area (Å²) < 4.78 is 6.08. The predicted molar refractivity (Wildman–Crippen MR) is 163 cm³/mol. The lowest BCUT2D eigenvalue weighted by molar-refractivity contribution is -0.144. The van der Waals surface area contributed by atoms with Crippen molar-refractivity contribution in [3.8, 4) is 5.75 Å². The smallest absolute Gasteiger partial charge is 0.245 e. The van der Waals surface area contributed by atoms with Crippen LogP contribution in [-0.2, 0) is 14.4 Å². The maximum Gasteiger partial charge on any atom is 0.245 e. The zero-order valence-electron chi connectivity index (χ0n) is 24.6. The van der Waals surface area contributed by atoms with Gasteiger partial charge < -0.3 is 30.7 Å². The number of aliphatic hydroxyl groups excluding tert-OH is 1. The number of para-hydroxylation sites is 1. The van der Waals surface area contributed by atoms with Crippen LogP contribution < -0.4 is 20.7 Å². The van der Waals surface area contributed by atoms with Gasteiger partial charge in [-0.25, -0.2) is 0 Å². The first kappa shape index (κ1) is 31.3. The van der Waals surface area contributed by atoms with Gasteiger partial charge in [0.2, 0.25) is 17.7 Å². The van der Waals surface area contributed by atoms with Crippen LogP contribution in [0.2, 0.25) is 0 Å². The molecule has 1 saturated carbocycles. The van der Waals surface area contributed by atoms with Crippen molar-refractivity contribution in [3.63, 3.8) is 0 Å². The van der Waals surface area contributed by atoms with Gasteiger partial charge >= 0.3 is 0 Å². The normalized spacial score (nSPS) is 24.4. The van der Waals surface area contributed by atoms with Crippen molar-refractivity contribution in [1.29, 1.82) is 0 Å². The van der Waals surface area contributed by atoms with Gasteiger partial charge in [-0.3, -0.25) is 14.4 Å². The molecule has 4 atom stereocenters. The van der Waals surface area contributed by atoms with E-state index in [2.05, 4.69) is 16.0 Å². The Hall–Kier alpha value is -3.69. The summed E-state index contributed by atoms with van der Waals surface area (Å²) >= 11 is 0. The molecule has 0 bridgehead atoms. The Balaban J connectivity index is 1.65. The number of hydrogen-bond acceptors (Lipinski definition) is 6. The molecular weight excluding hydrogens is 532 g/mol.